The van der Waals surface area contributed by atoms with Gasteiger partial charge in [0.05, 0.1) is 7.11 Å². The molecular formula is C12H14O3. The van der Waals surface area contributed by atoms with Crippen molar-refractivity contribution < 1.29 is 14.3 Å². The number of rotatable bonds is 3. The molecule has 1 heterocycles. The van der Waals surface area contributed by atoms with E-state index in [9.17, 15) is 4.79 Å². The van der Waals surface area contributed by atoms with Crippen molar-refractivity contribution in [2.24, 2.45) is 0 Å². The molecule has 3 heteroatoms. The second-order valence-electron chi connectivity index (χ2n) is 3.60. The summed E-state index contributed by atoms with van der Waals surface area (Å²) in [6.45, 7) is 0.695. The molecule has 2 rings (SSSR count). The molecule has 1 fully saturated rings. The molecule has 0 spiro atoms. The third-order valence-electron chi connectivity index (χ3n) is 2.58. The van der Waals surface area contributed by atoms with Gasteiger partial charge in [-0.05, 0) is 25.0 Å². The Morgan fingerprint density at radius 1 is 1.53 bits per heavy atom. The summed E-state index contributed by atoms with van der Waals surface area (Å²) in [5, 5.41) is 0. The van der Waals surface area contributed by atoms with Crippen molar-refractivity contribution in [1.29, 1.82) is 0 Å². The number of ketones is 1. The van der Waals surface area contributed by atoms with E-state index in [2.05, 4.69) is 0 Å². The predicted octanol–water partition coefficient (Wildman–Crippen LogP) is 2.06. The normalized spacial score (nSPS) is 20.2. The Morgan fingerprint density at radius 3 is 3.07 bits per heavy atom. The van der Waals surface area contributed by atoms with Crippen molar-refractivity contribution in [1.82, 2.24) is 0 Å². The lowest BCUT2D eigenvalue weighted by Gasteiger charge is -2.08. The van der Waals surface area contributed by atoms with E-state index < -0.39 is 0 Å². The summed E-state index contributed by atoms with van der Waals surface area (Å²) in [5.41, 5.74) is 0.668. The number of hydrogen-bond acceptors (Lipinski definition) is 3. The van der Waals surface area contributed by atoms with Crippen LogP contribution < -0.4 is 4.74 Å². The van der Waals surface area contributed by atoms with E-state index in [0.717, 1.165) is 12.8 Å². The van der Waals surface area contributed by atoms with Crippen molar-refractivity contribution in [2.45, 2.75) is 18.9 Å². The standard InChI is InChI=1S/C12H14O3/c1-14-10-5-2-4-9(8-10)12(13)11-6-3-7-15-11/h2,4-5,8,11H,3,6-7H2,1H3. The maximum absolute atomic E-state index is 11.9. The Kier molecular flexibility index (Phi) is 3.02. The lowest BCUT2D eigenvalue weighted by Crippen LogP contribution is -2.19. The number of Topliss-reactive ketones (excluding diaryl/α,β-unsaturated/α-hetero) is 1. The molecule has 15 heavy (non-hydrogen) atoms. The second-order valence-corrected chi connectivity index (χ2v) is 3.60. The average Bonchev–Trinajstić information content (AvgIpc) is 2.81. The van der Waals surface area contributed by atoms with Gasteiger partial charge in [0.15, 0.2) is 5.78 Å². The molecule has 3 nitrogen and oxygen atoms in total. The maximum atomic E-state index is 11.9. The van der Waals surface area contributed by atoms with Gasteiger partial charge >= 0.3 is 0 Å². The number of carbonyl (C=O) groups is 1. The largest absolute Gasteiger partial charge is 0.497 e. The molecule has 80 valence electrons. The molecule has 0 saturated carbocycles. The van der Waals surface area contributed by atoms with Gasteiger partial charge in [0, 0.05) is 12.2 Å². The van der Waals surface area contributed by atoms with Crippen LogP contribution >= 0.6 is 0 Å². The number of methoxy groups -OCH3 is 1. The van der Waals surface area contributed by atoms with Crippen molar-refractivity contribution in [2.75, 3.05) is 13.7 Å². The minimum Gasteiger partial charge on any atom is -0.497 e. The maximum Gasteiger partial charge on any atom is 0.191 e. The average molecular weight is 206 g/mol. The second kappa shape index (κ2) is 4.45. The molecule has 1 unspecified atom stereocenters. The predicted molar refractivity (Wildman–Crippen MR) is 56.3 cm³/mol. The van der Waals surface area contributed by atoms with Gasteiger partial charge < -0.3 is 9.47 Å². The molecule has 0 bridgehead atoms. The first kappa shape index (κ1) is 10.2. The number of hydrogen-bond donors (Lipinski definition) is 0. The molecule has 1 atom stereocenters. The van der Waals surface area contributed by atoms with Gasteiger partial charge in [0.2, 0.25) is 0 Å². The highest BCUT2D eigenvalue weighted by molar-refractivity contribution is 5.99. The highest BCUT2D eigenvalue weighted by Crippen LogP contribution is 2.20. The van der Waals surface area contributed by atoms with Crippen LogP contribution in [0.3, 0.4) is 0 Å². The molecule has 1 aromatic carbocycles. The fourth-order valence-electron chi connectivity index (χ4n) is 1.75. The first-order valence-electron chi connectivity index (χ1n) is 5.11. The van der Waals surface area contributed by atoms with E-state index in [1.807, 2.05) is 12.1 Å². The Morgan fingerprint density at radius 2 is 2.40 bits per heavy atom. The van der Waals surface area contributed by atoms with Crippen LogP contribution in [0.5, 0.6) is 5.75 Å². The van der Waals surface area contributed by atoms with Crippen LogP contribution in [0.2, 0.25) is 0 Å². The van der Waals surface area contributed by atoms with Crippen LogP contribution in [-0.2, 0) is 4.74 Å². The summed E-state index contributed by atoms with van der Waals surface area (Å²) in [6, 6.07) is 7.20. The molecule has 1 aliphatic heterocycles. The Labute approximate surface area is 89.0 Å². The highest BCUT2D eigenvalue weighted by Gasteiger charge is 2.24. The Hall–Kier alpha value is -1.35. The SMILES string of the molecule is COc1cccc(C(=O)C2CCCO2)c1. The topological polar surface area (TPSA) is 35.5 Å². The fourth-order valence-corrected chi connectivity index (χ4v) is 1.75. The summed E-state index contributed by atoms with van der Waals surface area (Å²) in [5.74, 6) is 0.769. The highest BCUT2D eigenvalue weighted by atomic mass is 16.5. The van der Waals surface area contributed by atoms with Crippen molar-refractivity contribution in [3.63, 3.8) is 0 Å². The molecule has 1 aliphatic rings. The van der Waals surface area contributed by atoms with Crippen LogP contribution in [0.15, 0.2) is 24.3 Å². The van der Waals surface area contributed by atoms with Crippen LogP contribution in [0.4, 0.5) is 0 Å². The smallest absolute Gasteiger partial charge is 0.191 e. The van der Waals surface area contributed by atoms with E-state index in [1.54, 1.807) is 19.2 Å². The van der Waals surface area contributed by atoms with Crippen LogP contribution in [0, 0.1) is 0 Å². The summed E-state index contributed by atoms with van der Waals surface area (Å²) in [7, 11) is 1.59. The van der Waals surface area contributed by atoms with E-state index in [-0.39, 0.29) is 11.9 Å². The lowest BCUT2D eigenvalue weighted by molar-refractivity contribution is 0.0642. The molecule has 0 aromatic heterocycles. The quantitative estimate of drug-likeness (QED) is 0.710. The molecule has 0 N–H and O–H groups in total. The number of ether oxygens (including phenoxy) is 2. The number of carbonyl (C=O) groups excluding carboxylic acids is 1. The minimum atomic E-state index is -0.253. The molecular weight excluding hydrogens is 192 g/mol. The molecule has 0 radical (unpaired) electrons. The zero-order valence-electron chi connectivity index (χ0n) is 8.73. The Bertz CT molecular complexity index is 354. The third kappa shape index (κ3) is 2.18. The molecule has 1 aromatic rings. The third-order valence-corrected chi connectivity index (χ3v) is 2.58. The van der Waals surface area contributed by atoms with E-state index >= 15 is 0 Å². The van der Waals surface area contributed by atoms with E-state index in [4.69, 9.17) is 9.47 Å². The zero-order chi connectivity index (χ0) is 10.7. The minimum absolute atomic E-state index is 0.0615. The van der Waals surface area contributed by atoms with Crippen LogP contribution in [-0.4, -0.2) is 25.6 Å². The monoisotopic (exact) mass is 206 g/mol. The first-order valence-corrected chi connectivity index (χ1v) is 5.11. The Balaban J connectivity index is 2.17. The van der Waals surface area contributed by atoms with Gasteiger partial charge in [-0.25, -0.2) is 0 Å². The van der Waals surface area contributed by atoms with Crippen molar-refractivity contribution >= 4 is 5.78 Å². The van der Waals surface area contributed by atoms with Gasteiger partial charge in [0.25, 0.3) is 0 Å². The van der Waals surface area contributed by atoms with Crippen molar-refractivity contribution in [3.8, 4) is 5.75 Å². The summed E-state index contributed by atoms with van der Waals surface area (Å²) in [4.78, 5) is 11.9. The van der Waals surface area contributed by atoms with Gasteiger partial charge in [0.1, 0.15) is 11.9 Å². The fraction of sp³-hybridized carbons (Fsp3) is 0.417. The van der Waals surface area contributed by atoms with Gasteiger partial charge in [-0.3, -0.25) is 4.79 Å². The lowest BCUT2D eigenvalue weighted by atomic mass is 10.0. The van der Waals surface area contributed by atoms with Gasteiger partial charge in [-0.15, -0.1) is 0 Å². The summed E-state index contributed by atoms with van der Waals surface area (Å²) in [6.07, 6.45) is 1.55. The summed E-state index contributed by atoms with van der Waals surface area (Å²) >= 11 is 0. The number of benzene rings is 1. The first-order chi connectivity index (χ1) is 7.31. The van der Waals surface area contributed by atoms with Gasteiger partial charge in [-0.2, -0.15) is 0 Å². The van der Waals surface area contributed by atoms with Gasteiger partial charge in [-0.1, -0.05) is 12.1 Å². The molecule has 1 saturated heterocycles. The van der Waals surface area contributed by atoms with Crippen LogP contribution in [0.1, 0.15) is 23.2 Å². The molecule has 0 aliphatic carbocycles. The van der Waals surface area contributed by atoms with E-state index in [1.165, 1.54) is 0 Å². The molecule has 0 amide bonds. The zero-order valence-corrected chi connectivity index (χ0v) is 8.73. The van der Waals surface area contributed by atoms with E-state index in [0.29, 0.717) is 17.9 Å². The van der Waals surface area contributed by atoms with Crippen molar-refractivity contribution in [3.05, 3.63) is 29.8 Å². The summed E-state index contributed by atoms with van der Waals surface area (Å²) < 4.78 is 10.4. The van der Waals surface area contributed by atoms with Crippen LogP contribution in [0.25, 0.3) is 0 Å².